The highest BCUT2D eigenvalue weighted by Gasteiger charge is 2.24. The zero-order chi connectivity index (χ0) is 14.9. The molecule has 0 unspecified atom stereocenters. The predicted octanol–water partition coefficient (Wildman–Crippen LogP) is 4.05. The van der Waals surface area contributed by atoms with Gasteiger partial charge in [-0.05, 0) is 5.56 Å². The lowest BCUT2D eigenvalue weighted by atomic mass is 10.0. The Bertz CT molecular complexity index is 859. The Labute approximate surface area is 131 Å². The highest BCUT2D eigenvalue weighted by Crippen LogP contribution is 2.48. The second kappa shape index (κ2) is 5.24. The molecule has 1 N–H and O–H groups in total. The van der Waals surface area contributed by atoms with E-state index in [9.17, 15) is 5.26 Å². The molecule has 0 radical (unpaired) electrons. The van der Waals surface area contributed by atoms with E-state index in [1.165, 1.54) is 0 Å². The van der Waals surface area contributed by atoms with Crippen LogP contribution >= 0.6 is 11.3 Å². The van der Waals surface area contributed by atoms with Gasteiger partial charge >= 0.3 is 0 Å². The number of aromatic nitrogens is 1. The summed E-state index contributed by atoms with van der Waals surface area (Å²) in [7, 11) is 0. The van der Waals surface area contributed by atoms with Crippen LogP contribution in [0.4, 0.5) is 0 Å². The quantitative estimate of drug-likeness (QED) is 0.777. The molecule has 0 bridgehead atoms. The van der Waals surface area contributed by atoms with E-state index in [1.54, 1.807) is 17.5 Å². The number of fused-ring (bicyclic) bond motifs is 1. The molecule has 4 nitrogen and oxygen atoms in total. The fourth-order valence-electron chi connectivity index (χ4n) is 2.63. The van der Waals surface area contributed by atoms with Crippen LogP contribution in [0.25, 0.3) is 21.7 Å². The van der Waals surface area contributed by atoms with E-state index in [-0.39, 0.29) is 0 Å². The third-order valence-corrected chi connectivity index (χ3v) is 4.55. The summed E-state index contributed by atoms with van der Waals surface area (Å²) < 4.78 is 11.4. The zero-order valence-corrected chi connectivity index (χ0v) is 12.4. The van der Waals surface area contributed by atoms with Crippen molar-refractivity contribution in [2.45, 2.75) is 0 Å². The lowest BCUT2D eigenvalue weighted by Gasteiger charge is -2.16. The van der Waals surface area contributed by atoms with Crippen LogP contribution in [0, 0.1) is 11.3 Å². The summed E-state index contributed by atoms with van der Waals surface area (Å²) in [5.41, 5.74) is 3.44. The molecule has 0 saturated heterocycles. The molecule has 0 saturated carbocycles. The van der Waals surface area contributed by atoms with Crippen molar-refractivity contribution in [1.82, 2.24) is 4.98 Å². The molecule has 1 aliphatic rings. The minimum absolute atomic E-state index is 0.545. The maximum Gasteiger partial charge on any atom is 0.181 e. The van der Waals surface area contributed by atoms with Crippen molar-refractivity contribution < 1.29 is 9.47 Å². The molecule has 2 aromatic heterocycles. The number of nitriles is 1. The van der Waals surface area contributed by atoms with E-state index in [0.29, 0.717) is 18.8 Å². The molecule has 22 heavy (non-hydrogen) atoms. The SMILES string of the molecule is N#Cc1c[nH]c(-c2scc3c2OCCO3)c1-c1ccccc1. The molecule has 0 spiro atoms. The first-order valence-corrected chi connectivity index (χ1v) is 7.81. The lowest BCUT2D eigenvalue weighted by Crippen LogP contribution is -2.14. The first-order chi connectivity index (χ1) is 10.9. The van der Waals surface area contributed by atoms with Crippen LogP contribution in [0.5, 0.6) is 11.5 Å². The number of hydrogen-bond acceptors (Lipinski definition) is 4. The molecular weight excluding hydrogens is 296 g/mol. The summed E-state index contributed by atoms with van der Waals surface area (Å²) in [5.74, 6) is 1.54. The number of ether oxygens (including phenoxy) is 2. The zero-order valence-electron chi connectivity index (χ0n) is 11.6. The van der Waals surface area contributed by atoms with Gasteiger partial charge in [0.05, 0.1) is 16.1 Å². The van der Waals surface area contributed by atoms with Crippen molar-refractivity contribution in [3.05, 3.63) is 47.5 Å². The number of H-pyrrole nitrogens is 1. The topological polar surface area (TPSA) is 58.0 Å². The first-order valence-electron chi connectivity index (χ1n) is 6.93. The smallest absolute Gasteiger partial charge is 0.181 e. The Morgan fingerprint density at radius 2 is 1.95 bits per heavy atom. The molecule has 1 aromatic carbocycles. The van der Waals surface area contributed by atoms with Gasteiger partial charge in [0.25, 0.3) is 0 Å². The number of thiophene rings is 1. The molecule has 1 aliphatic heterocycles. The number of rotatable bonds is 2. The third-order valence-electron chi connectivity index (χ3n) is 3.59. The molecule has 0 aliphatic carbocycles. The number of hydrogen-bond donors (Lipinski definition) is 1. The van der Waals surface area contributed by atoms with Crippen LogP contribution in [0.3, 0.4) is 0 Å². The van der Waals surface area contributed by atoms with Gasteiger partial charge in [-0.15, -0.1) is 11.3 Å². The van der Waals surface area contributed by atoms with E-state index in [0.717, 1.165) is 33.2 Å². The normalized spacial score (nSPS) is 12.9. The number of aromatic amines is 1. The van der Waals surface area contributed by atoms with Gasteiger partial charge < -0.3 is 14.5 Å². The summed E-state index contributed by atoms with van der Waals surface area (Å²) in [6.45, 7) is 1.12. The number of benzene rings is 1. The van der Waals surface area contributed by atoms with Crippen molar-refractivity contribution in [2.75, 3.05) is 13.2 Å². The average molecular weight is 308 g/mol. The van der Waals surface area contributed by atoms with Gasteiger partial charge in [0.15, 0.2) is 11.5 Å². The fourth-order valence-corrected chi connectivity index (χ4v) is 3.58. The molecule has 3 aromatic rings. The fraction of sp³-hybridized carbons (Fsp3) is 0.118. The largest absolute Gasteiger partial charge is 0.485 e. The van der Waals surface area contributed by atoms with Gasteiger partial charge in [-0.3, -0.25) is 0 Å². The lowest BCUT2D eigenvalue weighted by molar-refractivity contribution is 0.174. The van der Waals surface area contributed by atoms with Crippen molar-refractivity contribution in [2.24, 2.45) is 0 Å². The van der Waals surface area contributed by atoms with Crippen LogP contribution in [-0.4, -0.2) is 18.2 Å². The molecule has 5 heteroatoms. The van der Waals surface area contributed by atoms with Crippen molar-refractivity contribution in [3.8, 4) is 39.3 Å². The van der Waals surface area contributed by atoms with Gasteiger partial charge in [0.2, 0.25) is 0 Å². The Kier molecular flexibility index (Phi) is 3.10. The molecule has 0 amide bonds. The third kappa shape index (κ3) is 1.97. The highest BCUT2D eigenvalue weighted by atomic mass is 32.1. The minimum atomic E-state index is 0.545. The van der Waals surface area contributed by atoms with Crippen molar-refractivity contribution in [1.29, 1.82) is 5.26 Å². The number of nitrogens with one attached hydrogen (secondary N) is 1. The Morgan fingerprint density at radius 3 is 2.77 bits per heavy atom. The molecular formula is C17H12N2O2S. The van der Waals surface area contributed by atoms with Crippen LogP contribution < -0.4 is 9.47 Å². The van der Waals surface area contributed by atoms with Crippen LogP contribution in [0.1, 0.15) is 5.56 Å². The first kappa shape index (κ1) is 13.0. The summed E-state index contributed by atoms with van der Waals surface area (Å²) in [4.78, 5) is 4.20. The second-order valence-corrected chi connectivity index (χ2v) is 5.76. The highest BCUT2D eigenvalue weighted by molar-refractivity contribution is 7.14. The minimum Gasteiger partial charge on any atom is -0.485 e. The molecule has 0 fully saturated rings. The molecule has 3 heterocycles. The van der Waals surface area contributed by atoms with Crippen molar-refractivity contribution >= 4 is 11.3 Å². The van der Waals surface area contributed by atoms with E-state index in [1.807, 2.05) is 35.7 Å². The van der Waals surface area contributed by atoms with Gasteiger partial charge in [0, 0.05) is 17.1 Å². The molecule has 0 atom stereocenters. The maximum absolute atomic E-state index is 9.41. The van der Waals surface area contributed by atoms with Gasteiger partial charge in [-0.25, -0.2) is 0 Å². The van der Waals surface area contributed by atoms with Gasteiger partial charge in [-0.2, -0.15) is 5.26 Å². The Morgan fingerprint density at radius 1 is 1.14 bits per heavy atom. The van der Waals surface area contributed by atoms with Crippen LogP contribution in [0.2, 0.25) is 0 Å². The monoisotopic (exact) mass is 308 g/mol. The predicted molar refractivity (Wildman–Crippen MR) is 85.2 cm³/mol. The van der Waals surface area contributed by atoms with Crippen LogP contribution in [0.15, 0.2) is 41.9 Å². The van der Waals surface area contributed by atoms with Crippen LogP contribution in [-0.2, 0) is 0 Å². The van der Waals surface area contributed by atoms with E-state index < -0.39 is 0 Å². The van der Waals surface area contributed by atoms with E-state index in [2.05, 4.69) is 11.1 Å². The summed E-state index contributed by atoms with van der Waals surface area (Å²) in [5, 5.41) is 11.4. The standard InChI is InChI=1S/C17H12N2O2S/c18-8-12-9-19-15(14(12)11-4-2-1-3-5-11)17-16-13(10-22-17)20-6-7-21-16/h1-5,9-10,19H,6-7H2. The Hall–Kier alpha value is -2.71. The van der Waals surface area contributed by atoms with Gasteiger partial charge in [-0.1, -0.05) is 30.3 Å². The summed E-state index contributed by atoms with van der Waals surface area (Å²) in [6.07, 6.45) is 1.74. The van der Waals surface area contributed by atoms with Gasteiger partial charge in [0.1, 0.15) is 19.3 Å². The van der Waals surface area contributed by atoms with E-state index >= 15 is 0 Å². The Balaban J connectivity index is 1.92. The second-order valence-electron chi connectivity index (χ2n) is 4.89. The maximum atomic E-state index is 9.41. The van der Waals surface area contributed by atoms with Crippen molar-refractivity contribution in [3.63, 3.8) is 0 Å². The van der Waals surface area contributed by atoms with E-state index in [4.69, 9.17) is 9.47 Å². The molecule has 4 rings (SSSR count). The molecule has 108 valence electrons. The summed E-state index contributed by atoms with van der Waals surface area (Å²) in [6, 6.07) is 12.2. The number of nitrogens with zero attached hydrogens (tertiary/aromatic N) is 1. The average Bonchev–Trinajstić information content (AvgIpc) is 3.19. The summed E-state index contributed by atoms with van der Waals surface area (Å²) >= 11 is 1.56.